The average Bonchev–Trinajstić information content (AvgIpc) is 3.65. The lowest BCUT2D eigenvalue weighted by molar-refractivity contribution is -0.207. The number of carbonyl (C=O) groups is 1. The molecule has 0 radical (unpaired) electrons. The summed E-state index contributed by atoms with van der Waals surface area (Å²) in [5, 5.41) is 21.5. The van der Waals surface area contributed by atoms with Crippen LogP contribution in [0.4, 0.5) is 18.0 Å². The molecule has 1 atom stereocenters. The molecule has 1 aliphatic rings. The van der Waals surface area contributed by atoms with Gasteiger partial charge in [-0.3, -0.25) is 9.55 Å². The molecule has 1 saturated heterocycles. The van der Waals surface area contributed by atoms with E-state index in [1.807, 2.05) is 6.07 Å². The van der Waals surface area contributed by atoms with Crippen LogP contribution in [-0.4, -0.2) is 82.0 Å². The maximum Gasteiger partial charge on any atom is 0.416 e. The van der Waals surface area contributed by atoms with E-state index in [2.05, 4.69) is 25.5 Å². The number of alkyl halides is 3. The van der Waals surface area contributed by atoms with Gasteiger partial charge in [-0.1, -0.05) is 11.6 Å². The topological polar surface area (TPSA) is 136 Å². The Kier molecular flexibility index (Phi) is 8.08. The van der Waals surface area contributed by atoms with E-state index in [1.54, 1.807) is 17.3 Å². The second-order valence-corrected chi connectivity index (χ2v) is 9.81. The van der Waals surface area contributed by atoms with Gasteiger partial charge in [0.1, 0.15) is 12.9 Å². The van der Waals surface area contributed by atoms with Crippen LogP contribution in [0.25, 0.3) is 17.1 Å². The van der Waals surface area contributed by atoms with Gasteiger partial charge < -0.3 is 15.3 Å². The SMILES string of the molecule is O=C1NCCN1CCCc1ccncc1-n1cnc(Cn2nc(-c3ccc(Cl)cc3)n(C[C@H](O)C(F)(F)F)c2=O)n1. The van der Waals surface area contributed by atoms with Crippen molar-refractivity contribution >= 4 is 17.6 Å². The number of aryl methyl sites for hydroxylation is 1. The number of aliphatic hydroxyl groups is 1. The first-order valence-electron chi connectivity index (χ1n) is 12.6. The minimum atomic E-state index is -4.93. The smallest absolute Gasteiger partial charge is 0.382 e. The molecule has 1 fully saturated rings. The van der Waals surface area contributed by atoms with Crippen LogP contribution in [-0.2, 0) is 19.5 Å². The number of halogens is 4. The molecule has 0 spiro atoms. The number of nitrogens with one attached hydrogen (secondary N) is 1. The minimum absolute atomic E-state index is 0.0735. The number of benzene rings is 1. The largest absolute Gasteiger partial charge is 0.416 e. The molecule has 2 amide bonds. The van der Waals surface area contributed by atoms with Gasteiger partial charge in [-0.2, -0.15) is 13.2 Å². The van der Waals surface area contributed by atoms with Crippen LogP contribution in [0.15, 0.2) is 53.8 Å². The number of pyridine rings is 1. The second-order valence-electron chi connectivity index (χ2n) is 9.37. The Balaban J connectivity index is 1.37. The molecule has 3 aromatic heterocycles. The summed E-state index contributed by atoms with van der Waals surface area (Å²) >= 11 is 5.93. The Bertz CT molecular complexity index is 1580. The molecule has 216 valence electrons. The maximum absolute atomic E-state index is 13.1. The van der Waals surface area contributed by atoms with Crippen molar-refractivity contribution in [3.63, 3.8) is 0 Å². The van der Waals surface area contributed by atoms with Gasteiger partial charge in [0.15, 0.2) is 17.8 Å². The van der Waals surface area contributed by atoms with Gasteiger partial charge in [-0.05, 0) is 48.7 Å². The highest BCUT2D eigenvalue weighted by Crippen LogP contribution is 2.24. The number of urea groups is 1. The summed E-state index contributed by atoms with van der Waals surface area (Å²) in [6, 6.07) is 7.82. The molecular formula is C25H25ClF3N9O3. The molecule has 0 unspecified atom stereocenters. The van der Waals surface area contributed by atoms with E-state index in [9.17, 15) is 27.9 Å². The first-order chi connectivity index (χ1) is 19.6. The fourth-order valence-electron chi connectivity index (χ4n) is 4.43. The number of hydrogen-bond acceptors (Lipinski definition) is 7. The molecule has 1 aromatic carbocycles. The number of nitrogens with zero attached hydrogens (tertiary/aromatic N) is 8. The van der Waals surface area contributed by atoms with E-state index >= 15 is 0 Å². The summed E-state index contributed by atoms with van der Waals surface area (Å²) in [6.07, 6.45) is -1.62. The Labute approximate surface area is 236 Å². The van der Waals surface area contributed by atoms with E-state index in [0.29, 0.717) is 42.3 Å². The zero-order chi connectivity index (χ0) is 29.1. The third-order valence-corrected chi connectivity index (χ3v) is 6.79. The average molecular weight is 592 g/mol. The fourth-order valence-corrected chi connectivity index (χ4v) is 4.56. The molecule has 0 aliphatic carbocycles. The van der Waals surface area contributed by atoms with E-state index < -0.39 is 24.5 Å². The predicted octanol–water partition coefficient (Wildman–Crippen LogP) is 2.27. The Morgan fingerprint density at radius 2 is 1.90 bits per heavy atom. The highest BCUT2D eigenvalue weighted by Gasteiger charge is 2.39. The van der Waals surface area contributed by atoms with Crippen LogP contribution in [0.3, 0.4) is 0 Å². The first-order valence-corrected chi connectivity index (χ1v) is 13.0. The number of carbonyl (C=O) groups excluding carboxylic acids is 1. The zero-order valence-corrected chi connectivity index (χ0v) is 22.3. The lowest BCUT2D eigenvalue weighted by Gasteiger charge is -2.15. The van der Waals surface area contributed by atoms with Gasteiger partial charge in [0.2, 0.25) is 0 Å². The number of rotatable bonds is 10. The Morgan fingerprint density at radius 3 is 2.61 bits per heavy atom. The van der Waals surface area contributed by atoms with Crippen molar-refractivity contribution in [1.29, 1.82) is 0 Å². The van der Waals surface area contributed by atoms with Crippen molar-refractivity contribution < 1.29 is 23.1 Å². The van der Waals surface area contributed by atoms with Gasteiger partial charge in [0, 0.05) is 36.4 Å². The van der Waals surface area contributed by atoms with Gasteiger partial charge in [-0.25, -0.2) is 23.9 Å². The zero-order valence-electron chi connectivity index (χ0n) is 21.5. The molecule has 5 rings (SSSR count). The normalized spacial score (nSPS) is 14.5. The van der Waals surface area contributed by atoms with Crippen LogP contribution in [0.1, 0.15) is 17.8 Å². The number of hydrogen-bond donors (Lipinski definition) is 2. The molecule has 0 saturated carbocycles. The van der Waals surface area contributed by atoms with E-state index in [4.69, 9.17) is 11.6 Å². The predicted molar refractivity (Wildman–Crippen MR) is 141 cm³/mol. The van der Waals surface area contributed by atoms with Gasteiger partial charge >= 0.3 is 17.9 Å². The summed E-state index contributed by atoms with van der Waals surface area (Å²) < 4.78 is 42.6. The van der Waals surface area contributed by atoms with Crippen LogP contribution >= 0.6 is 11.6 Å². The highest BCUT2D eigenvalue weighted by atomic mass is 35.5. The standard InChI is InChI=1S/C25H25ClF3N9O3/c26-18-5-3-17(4-6-18)22-34-37(24(41)36(22)13-20(39)25(27,28)29)14-21-32-15-38(33-21)19-12-30-8-7-16(19)2-1-10-35-11-9-31-23(35)40/h3-8,12,15,20,39H,1-2,9-11,13-14H2,(H,31,40)/t20-/m0/s1. The Hall–Kier alpha value is -4.24. The van der Waals surface area contributed by atoms with Gasteiger partial charge in [0.05, 0.1) is 18.4 Å². The maximum atomic E-state index is 13.1. The van der Waals surface area contributed by atoms with Crippen molar-refractivity contribution in [2.45, 2.75) is 38.2 Å². The summed E-state index contributed by atoms with van der Waals surface area (Å²) in [6.45, 7) is 0.618. The highest BCUT2D eigenvalue weighted by molar-refractivity contribution is 6.30. The monoisotopic (exact) mass is 591 g/mol. The first kappa shape index (κ1) is 28.3. The summed E-state index contributed by atoms with van der Waals surface area (Å²) in [5.41, 5.74) is 1.04. The number of aromatic nitrogens is 7. The van der Waals surface area contributed by atoms with Crippen LogP contribution in [0, 0.1) is 0 Å². The van der Waals surface area contributed by atoms with Crippen LogP contribution in [0.5, 0.6) is 0 Å². The molecule has 4 aromatic rings. The van der Waals surface area contributed by atoms with E-state index in [-0.39, 0.29) is 24.2 Å². The van der Waals surface area contributed by atoms with E-state index in [0.717, 1.165) is 21.2 Å². The molecule has 41 heavy (non-hydrogen) atoms. The quantitative estimate of drug-likeness (QED) is 0.289. The van der Waals surface area contributed by atoms with Crippen molar-refractivity contribution in [3.8, 4) is 17.1 Å². The third-order valence-electron chi connectivity index (χ3n) is 6.54. The third kappa shape index (κ3) is 6.41. The minimum Gasteiger partial charge on any atom is -0.382 e. The Morgan fingerprint density at radius 1 is 1.12 bits per heavy atom. The number of amides is 2. The van der Waals surface area contributed by atoms with Gasteiger partial charge in [0.25, 0.3) is 0 Å². The fraction of sp³-hybridized carbons (Fsp3) is 0.360. The van der Waals surface area contributed by atoms with Gasteiger partial charge in [-0.15, -0.1) is 10.2 Å². The van der Waals surface area contributed by atoms with Crippen molar-refractivity contribution in [3.05, 3.63) is 75.9 Å². The van der Waals surface area contributed by atoms with Crippen LogP contribution < -0.4 is 11.0 Å². The number of aliphatic hydroxyl groups excluding tert-OH is 1. The van der Waals surface area contributed by atoms with Crippen molar-refractivity contribution in [2.24, 2.45) is 0 Å². The molecule has 2 N–H and O–H groups in total. The molecule has 1 aliphatic heterocycles. The van der Waals surface area contributed by atoms with Crippen LogP contribution in [0.2, 0.25) is 5.02 Å². The summed E-state index contributed by atoms with van der Waals surface area (Å²) in [5.74, 6) is 0.106. The molecule has 4 heterocycles. The lowest BCUT2D eigenvalue weighted by atomic mass is 10.1. The molecule has 0 bridgehead atoms. The van der Waals surface area contributed by atoms with Crippen molar-refractivity contribution in [1.82, 2.24) is 44.3 Å². The molecule has 12 nitrogen and oxygen atoms in total. The molecular weight excluding hydrogens is 567 g/mol. The van der Waals surface area contributed by atoms with Crippen molar-refractivity contribution in [2.75, 3.05) is 19.6 Å². The summed E-state index contributed by atoms with van der Waals surface area (Å²) in [4.78, 5) is 35.1. The van der Waals surface area contributed by atoms with E-state index in [1.165, 1.54) is 35.3 Å². The second kappa shape index (κ2) is 11.7. The lowest BCUT2D eigenvalue weighted by Crippen LogP contribution is -2.37. The summed E-state index contributed by atoms with van der Waals surface area (Å²) in [7, 11) is 0. The molecule has 16 heteroatoms.